The maximum atomic E-state index is 12.4. The summed E-state index contributed by atoms with van der Waals surface area (Å²) in [7, 11) is -7.83. The van der Waals surface area contributed by atoms with E-state index in [-0.39, 0.29) is 20.4 Å². The molecule has 11 heteroatoms. The minimum absolute atomic E-state index is 0.0207. The van der Waals surface area contributed by atoms with Crippen molar-refractivity contribution in [3.63, 3.8) is 0 Å². The molecule has 8 nitrogen and oxygen atoms in total. The van der Waals surface area contributed by atoms with Crippen LogP contribution < -0.4 is 15.0 Å². The molecule has 0 atom stereocenters. The number of hydrazine groups is 1. The van der Waals surface area contributed by atoms with Gasteiger partial charge in [-0.3, -0.25) is 14.9 Å². The van der Waals surface area contributed by atoms with Gasteiger partial charge in [-0.1, -0.05) is 36.4 Å². The van der Waals surface area contributed by atoms with E-state index >= 15 is 0 Å². The summed E-state index contributed by atoms with van der Waals surface area (Å²) < 4.78 is 51.6. The number of hydrogen-bond acceptors (Lipinski definition) is 6. The second-order valence-corrected chi connectivity index (χ2v) is 10.00. The Morgan fingerprint density at radius 3 is 2.14 bits per heavy atom. The largest absolute Gasteiger partial charge is 0.278 e. The number of anilines is 1. The van der Waals surface area contributed by atoms with Crippen LogP contribution in [0.5, 0.6) is 0 Å². The number of sulfonamides is 2. The highest BCUT2D eigenvalue weighted by Gasteiger charge is 2.21. The van der Waals surface area contributed by atoms with E-state index in [2.05, 4.69) is 10.1 Å². The van der Waals surface area contributed by atoms with Gasteiger partial charge in [0.05, 0.1) is 16.1 Å². The molecule has 0 saturated carbocycles. The van der Waals surface area contributed by atoms with Crippen LogP contribution in [0.25, 0.3) is 0 Å². The molecule has 0 spiro atoms. The molecule has 0 saturated heterocycles. The lowest BCUT2D eigenvalue weighted by molar-refractivity contribution is 0.0946. The topological polar surface area (TPSA) is 121 Å². The Labute approximate surface area is 166 Å². The normalized spacial score (nSPS) is 11.7. The van der Waals surface area contributed by atoms with Crippen molar-refractivity contribution in [3.05, 3.63) is 77.7 Å². The van der Waals surface area contributed by atoms with Gasteiger partial charge >= 0.3 is 0 Å². The zero-order valence-corrected chi connectivity index (χ0v) is 16.6. The lowest BCUT2D eigenvalue weighted by atomic mass is 10.2. The van der Waals surface area contributed by atoms with Crippen molar-refractivity contribution in [1.29, 1.82) is 0 Å². The third kappa shape index (κ3) is 4.57. The first-order valence-electron chi connectivity index (χ1n) is 7.82. The van der Waals surface area contributed by atoms with Crippen LogP contribution in [0.4, 0.5) is 5.69 Å². The molecule has 0 bridgehead atoms. The van der Waals surface area contributed by atoms with E-state index < -0.39 is 26.0 Å². The molecule has 0 aliphatic carbocycles. The predicted molar refractivity (Wildman–Crippen MR) is 106 cm³/mol. The van der Waals surface area contributed by atoms with Crippen molar-refractivity contribution in [1.82, 2.24) is 10.3 Å². The number of nitrogens with one attached hydrogen (secondary N) is 3. The third-order valence-electron chi connectivity index (χ3n) is 3.53. The Morgan fingerprint density at radius 1 is 0.786 bits per heavy atom. The van der Waals surface area contributed by atoms with Gasteiger partial charge in [-0.15, -0.1) is 16.2 Å². The standard InChI is InChI=1S/C17H15N3O5S3/c21-17(18-20-27(22,23)13-7-2-1-3-8-13)14-9-4-5-10-15(14)19-28(24,25)16-11-6-12-26-16/h1-12,19-20H,(H,18,21). The van der Waals surface area contributed by atoms with Crippen molar-refractivity contribution in [2.24, 2.45) is 0 Å². The Kier molecular flexibility index (Phi) is 5.79. The lowest BCUT2D eigenvalue weighted by Gasteiger charge is -2.13. The minimum Gasteiger partial charge on any atom is -0.278 e. The molecule has 0 aliphatic heterocycles. The SMILES string of the molecule is O=C(NNS(=O)(=O)c1ccccc1)c1ccccc1NS(=O)(=O)c1cccs1. The van der Waals surface area contributed by atoms with E-state index in [0.29, 0.717) is 0 Å². The van der Waals surface area contributed by atoms with Crippen molar-refractivity contribution in [2.75, 3.05) is 4.72 Å². The number of thiophene rings is 1. The van der Waals surface area contributed by atoms with E-state index in [1.165, 1.54) is 36.4 Å². The highest BCUT2D eigenvalue weighted by atomic mass is 32.2. The van der Waals surface area contributed by atoms with Crippen molar-refractivity contribution in [3.8, 4) is 0 Å². The Hall–Kier alpha value is -2.73. The van der Waals surface area contributed by atoms with Crippen LogP contribution in [0.2, 0.25) is 0 Å². The molecule has 146 valence electrons. The van der Waals surface area contributed by atoms with Gasteiger partial charge in [-0.05, 0) is 35.7 Å². The maximum absolute atomic E-state index is 12.4. The number of para-hydroxylation sites is 1. The number of benzene rings is 2. The molecule has 0 unspecified atom stereocenters. The van der Waals surface area contributed by atoms with Crippen LogP contribution in [0.1, 0.15) is 10.4 Å². The second-order valence-electron chi connectivity index (χ2n) is 5.46. The smallest absolute Gasteiger partial charge is 0.271 e. The summed E-state index contributed by atoms with van der Waals surface area (Å²) in [5.74, 6) is -0.816. The van der Waals surface area contributed by atoms with Gasteiger partial charge in [0.25, 0.3) is 26.0 Å². The highest BCUT2D eigenvalue weighted by Crippen LogP contribution is 2.22. The number of hydrogen-bond donors (Lipinski definition) is 3. The van der Waals surface area contributed by atoms with Crippen LogP contribution in [0.15, 0.2) is 81.2 Å². The van der Waals surface area contributed by atoms with Gasteiger partial charge in [-0.2, -0.15) is 0 Å². The van der Waals surface area contributed by atoms with E-state index in [9.17, 15) is 21.6 Å². The number of amides is 1. The van der Waals surface area contributed by atoms with Crippen LogP contribution in [-0.2, 0) is 20.0 Å². The van der Waals surface area contributed by atoms with Gasteiger partial charge in [0.2, 0.25) is 0 Å². The highest BCUT2D eigenvalue weighted by molar-refractivity contribution is 7.94. The molecule has 1 aromatic heterocycles. The second kappa shape index (κ2) is 8.10. The van der Waals surface area contributed by atoms with Crippen molar-refractivity contribution in [2.45, 2.75) is 9.10 Å². The molecular formula is C17H15N3O5S3. The van der Waals surface area contributed by atoms with Gasteiger partial charge in [0, 0.05) is 0 Å². The predicted octanol–water partition coefficient (Wildman–Crippen LogP) is 2.17. The summed E-state index contributed by atoms with van der Waals surface area (Å²) in [6.45, 7) is 0. The summed E-state index contributed by atoms with van der Waals surface area (Å²) in [4.78, 5) is 14.4. The van der Waals surface area contributed by atoms with Crippen molar-refractivity contribution >= 4 is 43.0 Å². The molecule has 0 aliphatic rings. The van der Waals surface area contributed by atoms with Gasteiger partial charge in [0.1, 0.15) is 4.21 Å². The van der Waals surface area contributed by atoms with E-state index in [4.69, 9.17) is 0 Å². The zero-order chi connectivity index (χ0) is 20.2. The fourth-order valence-corrected chi connectivity index (χ4v) is 5.15. The van der Waals surface area contributed by atoms with Crippen LogP contribution in [0, 0.1) is 0 Å². The Bertz CT molecular complexity index is 1180. The summed E-state index contributed by atoms with van der Waals surface area (Å²) >= 11 is 1.03. The molecule has 1 amide bonds. The van der Waals surface area contributed by atoms with Gasteiger partial charge < -0.3 is 0 Å². The molecule has 28 heavy (non-hydrogen) atoms. The first kappa shape index (κ1) is 20.0. The fraction of sp³-hybridized carbons (Fsp3) is 0. The Balaban J connectivity index is 1.78. The molecule has 3 aromatic rings. The average molecular weight is 438 g/mol. The third-order valence-corrected chi connectivity index (χ3v) is 7.55. The van der Waals surface area contributed by atoms with Gasteiger partial charge in [0.15, 0.2) is 0 Å². The molecule has 2 aromatic carbocycles. The zero-order valence-electron chi connectivity index (χ0n) is 14.2. The first-order valence-corrected chi connectivity index (χ1v) is 11.7. The molecule has 0 radical (unpaired) electrons. The summed E-state index contributed by atoms with van der Waals surface area (Å²) in [6, 6.07) is 16.4. The van der Waals surface area contributed by atoms with Crippen molar-refractivity contribution < 1.29 is 21.6 Å². The molecule has 3 rings (SSSR count). The van der Waals surface area contributed by atoms with Crippen LogP contribution >= 0.6 is 11.3 Å². The minimum atomic E-state index is -3.97. The van der Waals surface area contributed by atoms with E-state index in [1.54, 1.807) is 35.7 Å². The van der Waals surface area contributed by atoms with Crippen LogP contribution in [-0.4, -0.2) is 22.7 Å². The molecular weight excluding hydrogens is 422 g/mol. The quantitative estimate of drug-likeness (QED) is 0.489. The van der Waals surface area contributed by atoms with Gasteiger partial charge in [-0.25, -0.2) is 16.8 Å². The molecule has 0 fully saturated rings. The maximum Gasteiger partial charge on any atom is 0.271 e. The fourth-order valence-electron chi connectivity index (χ4n) is 2.22. The monoisotopic (exact) mass is 437 g/mol. The lowest BCUT2D eigenvalue weighted by Crippen LogP contribution is -2.41. The average Bonchev–Trinajstić information content (AvgIpc) is 3.23. The number of rotatable bonds is 7. The van der Waals surface area contributed by atoms with E-state index in [0.717, 1.165) is 11.3 Å². The summed E-state index contributed by atoms with van der Waals surface area (Å²) in [6.07, 6.45) is 0. The first-order chi connectivity index (χ1) is 13.3. The van der Waals surface area contributed by atoms with Crippen LogP contribution in [0.3, 0.4) is 0 Å². The summed E-state index contributed by atoms with van der Waals surface area (Å²) in [5.41, 5.74) is 2.07. The number of carbonyl (C=O) groups excluding carboxylic acids is 1. The summed E-state index contributed by atoms with van der Waals surface area (Å²) in [5, 5.41) is 1.62. The Morgan fingerprint density at radius 2 is 1.46 bits per heavy atom. The van der Waals surface area contributed by atoms with E-state index in [1.807, 2.05) is 4.83 Å². The molecule has 1 heterocycles. The number of carbonyl (C=O) groups is 1. The molecule has 3 N–H and O–H groups in total.